The standard InChI is InChI=1S/C23H30N4O6S.H2O/c1-6-15-12-17(31-4)13-19-20(15)23(28)32-22(27(19)33-34(5,29)30)18-8-7-10-24-21(18)26-11-9-16(14-26)25(2)3;/h7-8,10,12-13,16,22H,6,9,11,14H2,1-5H3;1H2/t16-,22?;/m0./s1. The van der Waals surface area contributed by atoms with E-state index in [0.717, 1.165) is 30.8 Å². The number of aromatic nitrogens is 1. The zero-order chi connectivity index (χ0) is 24.6. The number of carbonyl (C=O) groups is 1. The van der Waals surface area contributed by atoms with Crippen molar-refractivity contribution in [1.29, 1.82) is 0 Å². The first-order valence-corrected chi connectivity index (χ1v) is 12.9. The number of nitrogens with zero attached hydrogens (tertiary/aromatic N) is 4. The molecular formula is C23H32N4O7S. The number of pyridine rings is 1. The lowest BCUT2D eigenvalue weighted by Crippen LogP contribution is -2.40. The Balaban J connectivity index is 0.00000342. The summed E-state index contributed by atoms with van der Waals surface area (Å²) in [5.74, 6) is 0.537. The lowest BCUT2D eigenvalue weighted by molar-refractivity contribution is 0.00268. The second-order valence-electron chi connectivity index (χ2n) is 8.66. The van der Waals surface area contributed by atoms with Crippen LogP contribution in [0.1, 0.15) is 41.1 Å². The highest BCUT2D eigenvalue weighted by Gasteiger charge is 2.41. The summed E-state index contributed by atoms with van der Waals surface area (Å²) in [6.07, 6.45) is 2.93. The summed E-state index contributed by atoms with van der Waals surface area (Å²) in [7, 11) is 1.62. The van der Waals surface area contributed by atoms with Gasteiger partial charge in [-0.2, -0.15) is 13.5 Å². The zero-order valence-electron chi connectivity index (χ0n) is 20.5. The van der Waals surface area contributed by atoms with E-state index in [-0.39, 0.29) is 16.7 Å². The van der Waals surface area contributed by atoms with Crippen molar-refractivity contribution in [2.24, 2.45) is 0 Å². The number of cyclic esters (lactones) is 1. The van der Waals surface area contributed by atoms with Crippen LogP contribution in [0.15, 0.2) is 30.5 Å². The third-order valence-electron chi connectivity index (χ3n) is 6.15. The van der Waals surface area contributed by atoms with Gasteiger partial charge in [-0.3, -0.25) is 0 Å². The van der Waals surface area contributed by atoms with Gasteiger partial charge in [0.2, 0.25) is 6.23 Å². The van der Waals surface area contributed by atoms with Crippen LogP contribution in [0.25, 0.3) is 0 Å². The van der Waals surface area contributed by atoms with Crippen LogP contribution in [-0.2, 0) is 25.6 Å². The number of anilines is 2. The van der Waals surface area contributed by atoms with Gasteiger partial charge < -0.3 is 24.7 Å². The Morgan fingerprint density at radius 2 is 2.03 bits per heavy atom. The summed E-state index contributed by atoms with van der Waals surface area (Å²) in [6.45, 7) is 3.41. The number of carbonyl (C=O) groups excluding carboxylic acids is 1. The number of benzene rings is 1. The molecule has 3 heterocycles. The predicted octanol–water partition coefficient (Wildman–Crippen LogP) is 1.53. The normalized spacial score (nSPS) is 19.9. The molecule has 0 aliphatic carbocycles. The van der Waals surface area contributed by atoms with Gasteiger partial charge in [0.25, 0.3) is 10.1 Å². The molecule has 2 N–H and O–H groups in total. The molecular weight excluding hydrogens is 476 g/mol. The molecule has 1 aromatic heterocycles. The van der Waals surface area contributed by atoms with E-state index in [4.69, 9.17) is 13.8 Å². The average Bonchev–Trinajstić information content (AvgIpc) is 3.30. The van der Waals surface area contributed by atoms with E-state index in [0.29, 0.717) is 35.2 Å². The molecule has 2 aliphatic rings. The maximum absolute atomic E-state index is 13.2. The van der Waals surface area contributed by atoms with Crippen molar-refractivity contribution in [2.75, 3.05) is 50.5 Å². The monoisotopic (exact) mass is 508 g/mol. The summed E-state index contributed by atoms with van der Waals surface area (Å²) in [5, 5.41) is 1.13. The van der Waals surface area contributed by atoms with Gasteiger partial charge in [0, 0.05) is 31.4 Å². The molecule has 0 bridgehead atoms. The van der Waals surface area contributed by atoms with Crippen molar-refractivity contribution in [3.05, 3.63) is 47.2 Å². The van der Waals surface area contributed by atoms with E-state index in [1.54, 1.807) is 30.5 Å². The molecule has 35 heavy (non-hydrogen) atoms. The first kappa shape index (κ1) is 26.7. The van der Waals surface area contributed by atoms with Gasteiger partial charge in [-0.05, 0) is 50.7 Å². The van der Waals surface area contributed by atoms with E-state index < -0.39 is 22.3 Å². The number of hydroxylamine groups is 1. The fourth-order valence-electron chi connectivity index (χ4n) is 4.43. The van der Waals surface area contributed by atoms with E-state index in [2.05, 4.69) is 14.8 Å². The molecule has 1 fully saturated rings. The Bertz CT molecular complexity index is 1190. The van der Waals surface area contributed by atoms with Gasteiger partial charge in [0.1, 0.15) is 11.6 Å². The van der Waals surface area contributed by atoms with Crippen molar-refractivity contribution in [3.8, 4) is 5.75 Å². The highest BCUT2D eigenvalue weighted by atomic mass is 32.2. The number of likely N-dealkylation sites (N-methyl/N-ethyl adjacent to an activating group) is 1. The molecule has 1 saturated heterocycles. The smallest absolute Gasteiger partial charge is 0.342 e. The molecule has 192 valence electrons. The maximum atomic E-state index is 13.2. The number of ether oxygens (including phenoxy) is 2. The van der Waals surface area contributed by atoms with Crippen LogP contribution in [0.5, 0.6) is 5.75 Å². The topological polar surface area (TPSA) is 133 Å². The van der Waals surface area contributed by atoms with E-state index in [1.165, 1.54) is 7.11 Å². The number of methoxy groups -OCH3 is 1. The third-order valence-corrected chi connectivity index (χ3v) is 6.59. The van der Waals surface area contributed by atoms with E-state index >= 15 is 0 Å². The van der Waals surface area contributed by atoms with Crippen LogP contribution in [0.3, 0.4) is 0 Å². The van der Waals surface area contributed by atoms with Crippen molar-refractivity contribution in [1.82, 2.24) is 9.88 Å². The molecule has 1 unspecified atom stereocenters. The molecule has 2 aliphatic heterocycles. The summed E-state index contributed by atoms with van der Waals surface area (Å²) >= 11 is 0. The second kappa shape index (κ2) is 10.4. The first-order chi connectivity index (χ1) is 16.1. The molecule has 2 aromatic rings. The fraction of sp³-hybridized carbons (Fsp3) is 0.478. The number of rotatable bonds is 7. The molecule has 0 amide bonds. The van der Waals surface area contributed by atoms with E-state index in [9.17, 15) is 13.2 Å². The minimum Gasteiger partial charge on any atom is -0.497 e. The minimum absolute atomic E-state index is 0. The molecule has 12 heteroatoms. The summed E-state index contributed by atoms with van der Waals surface area (Å²) < 4.78 is 41.2. The Kier molecular flexibility index (Phi) is 7.90. The van der Waals surface area contributed by atoms with Gasteiger partial charge in [-0.1, -0.05) is 6.92 Å². The van der Waals surface area contributed by atoms with Gasteiger partial charge in [-0.15, -0.1) is 4.28 Å². The van der Waals surface area contributed by atoms with Crippen molar-refractivity contribution >= 4 is 27.6 Å². The summed E-state index contributed by atoms with van der Waals surface area (Å²) in [4.78, 5) is 22.0. The molecule has 11 nitrogen and oxygen atoms in total. The van der Waals surface area contributed by atoms with Crippen molar-refractivity contribution in [3.63, 3.8) is 0 Å². The molecule has 0 saturated carbocycles. The van der Waals surface area contributed by atoms with Crippen LogP contribution >= 0.6 is 0 Å². The Labute approximate surface area is 205 Å². The molecule has 1 aromatic carbocycles. The predicted molar refractivity (Wildman–Crippen MR) is 131 cm³/mol. The second-order valence-corrected chi connectivity index (χ2v) is 10.2. The zero-order valence-corrected chi connectivity index (χ0v) is 21.3. The summed E-state index contributed by atoms with van der Waals surface area (Å²) in [6, 6.07) is 7.17. The quantitative estimate of drug-likeness (QED) is 0.507. The first-order valence-electron chi connectivity index (χ1n) is 11.1. The average molecular weight is 509 g/mol. The largest absolute Gasteiger partial charge is 0.497 e. The van der Waals surface area contributed by atoms with Crippen molar-refractivity contribution < 1.29 is 32.4 Å². The number of fused-ring (bicyclic) bond motifs is 1. The molecule has 0 radical (unpaired) electrons. The van der Waals surface area contributed by atoms with Crippen LogP contribution in [0, 0.1) is 0 Å². The molecule has 0 spiro atoms. The van der Waals surface area contributed by atoms with Gasteiger partial charge in [-0.25, -0.2) is 9.78 Å². The third kappa shape index (κ3) is 5.35. The Hall–Kier alpha value is -2.93. The lowest BCUT2D eigenvalue weighted by Gasteiger charge is -2.37. The Morgan fingerprint density at radius 1 is 1.29 bits per heavy atom. The van der Waals surface area contributed by atoms with Crippen molar-refractivity contribution in [2.45, 2.75) is 32.0 Å². The van der Waals surface area contributed by atoms with Crippen LogP contribution in [0.4, 0.5) is 11.5 Å². The van der Waals surface area contributed by atoms with Crippen LogP contribution in [-0.4, -0.2) is 76.3 Å². The van der Waals surface area contributed by atoms with Gasteiger partial charge in [0.05, 0.1) is 30.2 Å². The highest BCUT2D eigenvalue weighted by molar-refractivity contribution is 7.86. The SMILES string of the molecule is CCc1cc(OC)cc2c1C(=O)OC(c1cccnc1N1CC[C@H](N(C)C)C1)N2OS(C)(=O)=O.O. The van der Waals surface area contributed by atoms with Gasteiger partial charge in [0.15, 0.2) is 0 Å². The van der Waals surface area contributed by atoms with E-state index in [1.807, 2.05) is 21.0 Å². The molecule has 2 atom stereocenters. The number of hydrogen-bond donors (Lipinski definition) is 0. The fourth-order valence-corrected chi connectivity index (χ4v) is 4.88. The number of aryl methyl sites for hydroxylation is 1. The highest BCUT2D eigenvalue weighted by Crippen LogP contribution is 2.43. The minimum atomic E-state index is -3.96. The van der Waals surface area contributed by atoms with Crippen LogP contribution in [0.2, 0.25) is 0 Å². The Morgan fingerprint density at radius 3 is 2.63 bits per heavy atom. The number of esters is 1. The maximum Gasteiger partial charge on any atom is 0.342 e. The van der Waals surface area contributed by atoms with Crippen LogP contribution < -0.4 is 14.7 Å². The molecule has 4 rings (SSSR count). The lowest BCUT2D eigenvalue weighted by atomic mass is 10.00. The summed E-state index contributed by atoms with van der Waals surface area (Å²) in [5.41, 5.74) is 1.72. The number of hydrogen-bond acceptors (Lipinski definition) is 10. The van der Waals surface area contributed by atoms with Gasteiger partial charge >= 0.3 is 5.97 Å².